The van der Waals surface area contributed by atoms with Crippen LogP contribution in [-0.4, -0.2) is 4.98 Å². The molecule has 0 radical (unpaired) electrons. The largest absolute Gasteiger partial charge is 0.437 e. The van der Waals surface area contributed by atoms with Gasteiger partial charge in [-0.25, -0.2) is 9.37 Å². The maximum Gasteiger partial charge on any atom is 0.239 e. The van der Waals surface area contributed by atoms with Crippen molar-refractivity contribution in [2.24, 2.45) is 0 Å². The summed E-state index contributed by atoms with van der Waals surface area (Å²) < 4.78 is 18.5. The van der Waals surface area contributed by atoms with Crippen molar-refractivity contribution in [1.29, 1.82) is 5.26 Å². The zero-order valence-electron chi connectivity index (χ0n) is 9.45. The molecule has 1 heterocycles. The van der Waals surface area contributed by atoms with Gasteiger partial charge in [0.25, 0.3) is 0 Å². The second-order valence-electron chi connectivity index (χ2n) is 3.60. The maximum atomic E-state index is 13.1. The fraction of sp³-hybridized carbons (Fsp3) is 0.0769. The number of hydrogen-bond acceptors (Lipinski definition) is 3. The molecule has 18 heavy (non-hydrogen) atoms. The van der Waals surface area contributed by atoms with E-state index in [2.05, 4.69) is 4.98 Å². The van der Waals surface area contributed by atoms with Gasteiger partial charge in [0.15, 0.2) is 0 Å². The summed E-state index contributed by atoms with van der Waals surface area (Å²) in [5.41, 5.74) is 0.737. The quantitative estimate of drug-likeness (QED) is 0.826. The summed E-state index contributed by atoms with van der Waals surface area (Å²) in [6.45, 7) is 1.63. The Morgan fingerprint density at radius 3 is 2.83 bits per heavy atom. The molecule has 0 aliphatic heterocycles. The monoisotopic (exact) mass is 262 g/mol. The Balaban J connectivity index is 2.35. The number of pyridine rings is 1. The topological polar surface area (TPSA) is 45.9 Å². The first-order chi connectivity index (χ1) is 8.61. The average molecular weight is 263 g/mol. The normalized spacial score (nSPS) is 9.89. The van der Waals surface area contributed by atoms with E-state index in [9.17, 15) is 4.39 Å². The molecular weight excluding hydrogens is 255 g/mol. The number of ether oxygens (including phenoxy) is 1. The minimum atomic E-state index is -0.313. The lowest BCUT2D eigenvalue weighted by atomic mass is 10.2. The number of benzene rings is 1. The van der Waals surface area contributed by atoms with Gasteiger partial charge in [-0.05, 0) is 36.8 Å². The fourth-order valence-corrected chi connectivity index (χ4v) is 1.57. The zero-order chi connectivity index (χ0) is 13.1. The highest BCUT2D eigenvalue weighted by Gasteiger charge is 2.10. The molecule has 0 spiro atoms. The molecule has 3 nitrogen and oxygen atoms in total. The molecule has 0 bridgehead atoms. The van der Waals surface area contributed by atoms with Gasteiger partial charge in [-0.3, -0.25) is 0 Å². The standard InChI is InChI=1S/C13H8ClFN2O/c1-8-6-10(2-3-11(8)15)18-13-12(14)9(7-16)4-5-17-13/h2-6H,1H3. The average Bonchev–Trinajstić information content (AvgIpc) is 2.36. The van der Waals surface area contributed by atoms with Crippen LogP contribution in [-0.2, 0) is 0 Å². The van der Waals surface area contributed by atoms with Crippen LogP contribution in [0.15, 0.2) is 30.5 Å². The van der Waals surface area contributed by atoms with Crippen LogP contribution < -0.4 is 4.74 Å². The summed E-state index contributed by atoms with van der Waals surface area (Å²) >= 11 is 5.95. The van der Waals surface area contributed by atoms with Crippen molar-refractivity contribution in [3.63, 3.8) is 0 Å². The third-order valence-corrected chi connectivity index (χ3v) is 2.69. The molecule has 0 saturated carbocycles. The second-order valence-corrected chi connectivity index (χ2v) is 3.98. The van der Waals surface area contributed by atoms with Crippen LogP contribution >= 0.6 is 11.6 Å². The summed E-state index contributed by atoms with van der Waals surface area (Å²) in [4.78, 5) is 3.94. The van der Waals surface area contributed by atoms with Crippen molar-refractivity contribution >= 4 is 11.6 Å². The van der Waals surface area contributed by atoms with Gasteiger partial charge in [0.05, 0.1) is 5.56 Å². The maximum absolute atomic E-state index is 13.1. The molecular formula is C13H8ClFN2O. The van der Waals surface area contributed by atoms with Gasteiger partial charge in [0.2, 0.25) is 5.88 Å². The van der Waals surface area contributed by atoms with E-state index in [-0.39, 0.29) is 22.3 Å². The van der Waals surface area contributed by atoms with Gasteiger partial charge >= 0.3 is 0 Å². The van der Waals surface area contributed by atoms with Gasteiger partial charge in [0, 0.05) is 6.20 Å². The molecule has 0 unspecified atom stereocenters. The van der Waals surface area contributed by atoms with Gasteiger partial charge in [-0.15, -0.1) is 0 Å². The van der Waals surface area contributed by atoms with Crippen molar-refractivity contribution in [1.82, 2.24) is 4.98 Å². The van der Waals surface area contributed by atoms with Crippen molar-refractivity contribution < 1.29 is 9.13 Å². The molecule has 0 amide bonds. The first-order valence-corrected chi connectivity index (χ1v) is 5.48. The first-order valence-electron chi connectivity index (χ1n) is 5.10. The Hall–Kier alpha value is -2.12. The highest BCUT2D eigenvalue weighted by atomic mass is 35.5. The van der Waals surface area contributed by atoms with E-state index >= 15 is 0 Å². The highest BCUT2D eigenvalue weighted by molar-refractivity contribution is 6.33. The van der Waals surface area contributed by atoms with Gasteiger partial charge in [0.1, 0.15) is 22.7 Å². The molecule has 0 fully saturated rings. The van der Waals surface area contributed by atoms with E-state index in [1.807, 2.05) is 6.07 Å². The van der Waals surface area contributed by atoms with Crippen LogP contribution in [0.25, 0.3) is 0 Å². The minimum Gasteiger partial charge on any atom is -0.437 e. The summed E-state index contributed by atoms with van der Waals surface area (Å²) in [6, 6.07) is 7.73. The number of nitriles is 1. The Morgan fingerprint density at radius 1 is 1.39 bits per heavy atom. The Labute approximate surface area is 108 Å². The van der Waals surface area contributed by atoms with Crippen molar-refractivity contribution in [3.05, 3.63) is 52.4 Å². The molecule has 5 heteroatoms. The number of rotatable bonds is 2. The van der Waals surface area contributed by atoms with E-state index in [1.54, 1.807) is 6.92 Å². The predicted molar refractivity (Wildman–Crippen MR) is 65.2 cm³/mol. The zero-order valence-corrected chi connectivity index (χ0v) is 10.2. The summed E-state index contributed by atoms with van der Waals surface area (Å²) in [6.07, 6.45) is 1.43. The molecule has 2 aromatic rings. The molecule has 0 N–H and O–H groups in total. The van der Waals surface area contributed by atoms with Gasteiger partial charge in [-0.2, -0.15) is 5.26 Å². The Kier molecular flexibility index (Phi) is 3.45. The Bertz CT molecular complexity index is 637. The van der Waals surface area contributed by atoms with Crippen LogP contribution in [0.4, 0.5) is 4.39 Å². The van der Waals surface area contributed by atoms with E-state index in [0.29, 0.717) is 11.3 Å². The number of halogens is 2. The lowest BCUT2D eigenvalue weighted by Gasteiger charge is -2.07. The Morgan fingerprint density at radius 2 is 2.17 bits per heavy atom. The van der Waals surface area contributed by atoms with E-state index in [0.717, 1.165) is 0 Å². The SMILES string of the molecule is Cc1cc(Oc2nccc(C#N)c2Cl)ccc1F. The first kappa shape index (κ1) is 12.3. The minimum absolute atomic E-state index is 0.127. The second kappa shape index (κ2) is 5.03. The van der Waals surface area contributed by atoms with E-state index < -0.39 is 0 Å². The molecule has 0 saturated heterocycles. The van der Waals surface area contributed by atoms with E-state index in [4.69, 9.17) is 21.6 Å². The molecule has 0 aliphatic rings. The summed E-state index contributed by atoms with van der Waals surface area (Å²) in [5, 5.41) is 8.96. The number of aryl methyl sites for hydroxylation is 1. The smallest absolute Gasteiger partial charge is 0.239 e. The molecule has 1 aromatic heterocycles. The van der Waals surface area contributed by atoms with Gasteiger partial charge < -0.3 is 4.74 Å². The lowest BCUT2D eigenvalue weighted by Crippen LogP contribution is -1.92. The number of nitrogens with zero attached hydrogens (tertiary/aromatic N) is 2. The highest BCUT2D eigenvalue weighted by Crippen LogP contribution is 2.30. The van der Waals surface area contributed by atoms with E-state index in [1.165, 1.54) is 30.5 Å². The van der Waals surface area contributed by atoms with Crippen molar-refractivity contribution in [2.75, 3.05) is 0 Å². The fourth-order valence-electron chi connectivity index (χ4n) is 1.37. The van der Waals surface area contributed by atoms with Crippen molar-refractivity contribution in [2.45, 2.75) is 6.92 Å². The van der Waals surface area contributed by atoms with Crippen LogP contribution in [0.3, 0.4) is 0 Å². The molecule has 1 aromatic carbocycles. The third-order valence-electron chi connectivity index (χ3n) is 2.32. The summed E-state index contributed by atoms with van der Waals surface area (Å²) in [5.74, 6) is 0.229. The number of hydrogen-bond donors (Lipinski definition) is 0. The van der Waals surface area contributed by atoms with Crippen LogP contribution in [0.5, 0.6) is 11.6 Å². The predicted octanol–water partition coefficient (Wildman–Crippen LogP) is 3.85. The lowest BCUT2D eigenvalue weighted by molar-refractivity contribution is 0.460. The third kappa shape index (κ3) is 2.41. The van der Waals surface area contributed by atoms with Crippen LogP contribution in [0, 0.1) is 24.1 Å². The number of aromatic nitrogens is 1. The molecule has 90 valence electrons. The van der Waals surface area contributed by atoms with Crippen LogP contribution in [0.1, 0.15) is 11.1 Å². The molecule has 2 rings (SSSR count). The van der Waals surface area contributed by atoms with Gasteiger partial charge in [-0.1, -0.05) is 11.6 Å². The molecule has 0 aliphatic carbocycles. The molecule has 0 atom stereocenters. The van der Waals surface area contributed by atoms with Crippen LogP contribution in [0.2, 0.25) is 5.02 Å². The summed E-state index contributed by atoms with van der Waals surface area (Å²) in [7, 11) is 0. The van der Waals surface area contributed by atoms with Crippen molar-refractivity contribution in [3.8, 4) is 17.7 Å².